The highest BCUT2D eigenvalue weighted by molar-refractivity contribution is 5.89. The van der Waals surface area contributed by atoms with Crippen LogP contribution in [0.15, 0.2) is 72.8 Å². The number of rotatable bonds is 8. The Morgan fingerprint density at radius 3 is 2.45 bits per heavy atom. The number of carbonyl (C=O) groups excluding carboxylic acids is 2. The van der Waals surface area contributed by atoms with Crippen LogP contribution in [0.1, 0.15) is 49.3 Å². The van der Waals surface area contributed by atoms with Gasteiger partial charge in [0.2, 0.25) is 11.8 Å². The number of aromatic nitrogens is 3. The zero-order chi connectivity index (χ0) is 26.5. The number of nitrogens with zero attached hydrogens (tertiary/aromatic N) is 4. The third-order valence-electron chi connectivity index (χ3n) is 7.05. The minimum Gasteiger partial charge on any atom is -0.504 e. The molecule has 1 aliphatic carbocycles. The lowest BCUT2D eigenvalue weighted by Crippen LogP contribution is -2.47. The maximum Gasteiger partial charge on any atom is 0.247 e. The van der Waals surface area contributed by atoms with Gasteiger partial charge in [-0.2, -0.15) is 0 Å². The summed E-state index contributed by atoms with van der Waals surface area (Å²) in [5, 5.41) is 31.7. The summed E-state index contributed by atoms with van der Waals surface area (Å²) in [5.74, 6) is -1.31. The molecule has 196 valence electrons. The van der Waals surface area contributed by atoms with E-state index in [0.29, 0.717) is 16.6 Å². The predicted molar refractivity (Wildman–Crippen MR) is 142 cm³/mol. The van der Waals surface area contributed by atoms with Gasteiger partial charge in [-0.1, -0.05) is 73.0 Å². The highest BCUT2D eigenvalue weighted by Gasteiger charge is 2.34. The first-order chi connectivity index (χ1) is 18.5. The summed E-state index contributed by atoms with van der Waals surface area (Å²) in [5.41, 5.74) is 2.64. The molecule has 0 saturated heterocycles. The molecule has 0 radical (unpaired) electrons. The quantitative estimate of drug-likeness (QED) is 0.306. The summed E-state index contributed by atoms with van der Waals surface area (Å²) in [6, 6.07) is 20.1. The minimum absolute atomic E-state index is 0.0254. The van der Waals surface area contributed by atoms with Gasteiger partial charge in [0.25, 0.3) is 0 Å². The maximum atomic E-state index is 14.0. The molecule has 3 aromatic carbocycles. The molecule has 0 aliphatic heterocycles. The van der Waals surface area contributed by atoms with Crippen molar-refractivity contribution >= 4 is 22.8 Å². The Hall–Kier alpha value is -4.40. The molecule has 1 aromatic heterocycles. The number of nitrogens with one attached hydrogen (secondary N) is 1. The van der Waals surface area contributed by atoms with Crippen molar-refractivity contribution in [3.05, 3.63) is 83.9 Å². The van der Waals surface area contributed by atoms with E-state index in [1.807, 2.05) is 54.6 Å². The van der Waals surface area contributed by atoms with Gasteiger partial charge in [-0.05, 0) is 48.2 Å². The van der Waals surface area contributed by atoms with Crippen LogP contribution in [0.3, 0.4) is 0 Å². The standard InChI is InChI=1S/C29H31N5O4/c35-25-16-15-21(17-26(25)36)28(29(38)30-22-11-5-2-6-12-22)33(18-20-9-3-1-4-10-20)27(37)19-34-24-14-8-7-13-23(24)31-32-34/h1,3-4,7-10,13-17,22,28,35-36H,2,5-6,11-12,18-19H2,(H,30,38)/t28-/m0/s1. The number of para-hydroxylation sites is 1. The van der Waals surface area contributed by atoms with Crippen LogP contribution in [0, 0.1) is 0 Å². The number of benzene rings is 3. The largest absolute Gasteiger partial charge is 0.504 e. The average molecular weight is 514 g/mol. The lowest BCUT2D eigenvalue weighted by molar-refractivity contribution is -0.142. The smallest absolute Gasteiger partial charge is 0.247 e. The fourth-order valence-corrected chi connectivity index (χ4v) is 5.07. The molecule has 1 fully saturated rings. The van der Waals surface area contributed by atoms with E-state index in [9.17, 15) is 19.8 Å². The first-order valence-electron chi connectivity index (χ1n) is 12.9. The van der Waals surface area contributed by atoms with Crippen LogP contribution in [0.2, 0.25) is 0 Å². The van der Waals surface area contributed by atoms with E-state index in [1.54, 1.807) is 6.07 Å². The van der Waals surface area contributed by atoms with Gasteiger partial charge in [0, 0.05) is 12.6 Å². The number of hydrogen-bond acceptors (Lipinski definition) is 6. The summed E-state index contributed by atoms with van der Waals surface area (Å²) in [6.45, 7) is 0.0430. The van der Waals surface area contributed by atoms with Gasteiger partial charge in [0.15, 0.2) is 11.5 Å². The molecule has 1 atom stereocenters. The monoisotopic (exact) mass is 513 g/mol. The second-order valence-corrected chi connectivity index (χ2v) is 9.74. The van der Waals surface area contributed by atoms with E-state index in [0.717, 1.165) is 37.7 Å². The van der Waals surface area contributed by atoms with Crippen molar-refractivity contribution in [3.63, 3.8) is 0 Å². The number of fused-ring (bicyclic) bond motifs is 1. The van der Waals surface area contributed by atoms with Gasteiger partial charge in [0.05, 0.1) is 5.52 Å². The highest BCUT2D eigenvalue weighted by atomic mass is 16.3. The summed E-state index contributed by atoms with van der Waals surface area (Å²) in [4.78, 5) is 29.4. The van der Waals surface area contributed by atoms with Gasteiger partial charge < -0.3 is 20.4 Å². The Morgan fingerprint density at radius 1 is 0.947 bits per heavy atom. The first-order valence-corrected chi connectivity index (χ1v) is 12.9. The second kappa shape index (κ2) is 11.3. The molecule has 9 heteroatoms. The fourth-order valence-electron chi connectivity index (χ4n) is 5.07. The third kappa shape index (κ3) is 5.61. The van der Waals surface area contributed by atoms with Crippen LogP contribution < -0.4 is 5.32 Å². The van der Waals surface area contributed by atoms with Gasteiger partial charge in [0.1, 0.15) is 18.1 Å². The number of aromatic hydroxyl groups is 2. The number of amides is 2. The topological polar surface area (TPSA) is 121 Å². The molecule has 3 N–H and O–H groups in total. The van der Waals surface area contributed by atoms with Gasteiger partial charge in [-0.15, -0.1) is 5.10 Å². The van der Waals surface area contributed by atoms with Crippen LogP contribution in [-0.4, -0.2) is 48.0 Å². The molecule has 38 heavy (non-hydrogen) atoms. The Labute approximate surface area is 220 Å². The van der Waals surface area contributed by atoms with Crippen molar-refractivity contribution in [2.24, 2.45) is 0 Å². The summed E-state index contributed by atoms with van der Waals surface area (Å²) in [7, 11) is 0. The Morgan fingerprint density at radius 2 is 1.68 bits per heavy atom. The molecule has 9 nitrogen and oxygen atoms in total. The van der Waals surface area contributed by atoms with E-state index < -0.39 is 6.04 Å². The van der Waals surface area contributed by atoms with Crippen molar-refractivity contribution < 1.29 is 19.8 Å². The lowest BCUT2D eigenvalue weighted by Gasteiger charge is -2.33. The first kappa shape index (κ1) is 25.3. The van der Waals surface area contributed by atoms with Crippen LogP contribution in [0.25, 0.3) is 11.0 Å². The van der Waals surface area contributed by atoms with E-state index >= 15 is 0 Å². The van der Waals surface area contributed by atoms with Crippen molar-refractivity contribution in [2.75, 3.05) is 0 Å². The summed E-state index contributed by atoms with van der Waals surface area (Å²) >= 11 is 0. The zero-order valence-corrected chi connectivity index (χ0v) is 21.0. The number of carbonyl (C=O) groups is 2. The van der Waals surface area contributed by atoms with Crippen LogP contribution >= 0.6 is 0 Å². The predicted octanol–water partition coefficient (Wildman–Crippen LogP) is 4.06. The highest BCUT2D eigenvalue weighted by Crippen LogP contribution is 2.32. The Kier molecular flexibility index (Phi) is 7.53. The molecular formula is C29H31N5O4. The second-order valence-electron chi connectivity index (χ2n) is 9.74. The van der Waals surface area contributed by atoms with E-state index in [1.165, 1.54) is 21.7 Å². The molecule has 0 unspecified atom stereocenters. The number of phenolic OH excluding ortho intramolecular Hbond substituents is 2. The van der Waals surface area contributed by atoms with E-state index in [2.05, 4.69) is 15.6 Å². The van der Waals surface area contributed by atoms with Gasteiger partial charge in [-0.25, -0.2) is 4.68 Å². The molecule has 2 amide bonds. The molecule has 1 heterocycles. The Balaban J connectivity index is 1.53. The maximum absolute atomic E-state index is 14.0. The summed E-state index contributed by atoms with van der Waals surface area (Å²) in [6.07, 6.45) is 5.00. The van der Waals surface area contributed by atoms with E-state index in [-0.39, 0.29) is 42.4 Å². The molecule has 1 aliphatic rings. The lowest BCUT2D eigenvalue weighted by atomic mass is 9.94. The molecule has 0 spiro atoms. The molecular weight excluding hydrogens is 482 g/mol. The number of phenols is 2. The van der Waals surface area contributed by atoms with Gasteiger partial charge >= 0.3 is 0 Å². The fraction of sp³-hybridized carbons (Fsp3) is 0.310. The summed E-state index contributed by atoms with van der Waals surface area (Å²) < 4.78 is 1.53. The number of hydrogen-bond donors (Lipinski definition) is 3. The molecule has 5 rings (SSSR count). The molecule has 4 aromatic rings. The molecule has 1 saturated carbocycles. The SMILES string of the molecule is O=C(NC1CCCCC1)[C@H](c1ccc(O)c(O)c1)N(Cc1ccccc1)C(=O)Cn1nnc2ccccc21. The van der Waals surface area contributed by atoms with Crippen LogP contribution in [0.5, 0.6) is 11.5 Å². The zero-order valence-electron chi connectivity index (χ0n) is 21.0. The third-order valence-corrected chi connectivity index (χ3v) is 7.05. The van der Waals surface area contributed by atoms with Crippen molar-refractivity contribution in [1.29, 1.82) is 0 Å². The minimum atomic E-state index is -1.04. The van der Waals surface area contributed by atoms with Crippen molar-refractivity contribution in [1.82, 2.24) is 25.2 Å². The normalized spacial score (nSPS) is 14.7. The van der Waals surface area contributed by atoms with Crippen molar-refractivity contribution in [3.8, 4) is 11.5 Å². The van der Waals surface area contributed by atoms with Crippen molar-refractivity contribution in [2.45, 2.75) is 57.3 Å². The Bertz CT molecular complexity index is 1420. The van der Waals surface area contributed by atoms with Crippen LogP contribution in [0.4, 0.5) is 0 Å². The van der Waals surface area contributed by atoms with Crippen LogP contribution in [-0.2, 0) is 22.7 Å². The molecule has 0 bridgehead atoms. The van der Waals surface area contributed by atoms with E-state index in [4.69, 9.17) is 0 Å². The van der Waals surface area contributed by atoms with Gasteiger partial charge in [-0.3, -0.25) is 9.59 Å². The average Bonchev–Trinajstić information content (AvgIpc) is 3.34.